The predicted molar refractivity (Wildman–Crippen MR) is 96.0 cm³/mol. The van der Waals surface area contributed by atoms with Crippen LogP contribution in [0.15, 0.2) is 48.5 Å². The van der Waals surface area contributed by atoms with Gasteiger partial charge in [0.25, 0.3) is 5.91 Å². The zero-order valence-corrected chi connectivity index (χ0v) is 14.4. The first-order valence-corrected chi connectivity index (χ1v) is 8.05. The standard InChI is InChI=1S/C20H24N2O2/c1-14-6-4-9-17(12-14)19(24)22-20(2,3)11-10-15-7-5-8-16(13-15)18(21)23/h4-9,12-13H,10-11H2,1-3H3,(H2,21,23)(H,22,24). The lowest BCUT2D eigenvalue weighted by molar-refractivity contribution is 0.0908. The zero-order valence-electron chi connectivity index (χ0n) is 14.4. The second-order valence-corrected chi connectivity index (χ2v) is 6.77. The van der Waals surface area contributed by atoms with Crippen LogP contribution in [0, 0.1) is 6.92 Å². The average Bonchev–Trinajstić information content (AvgIpc) is 2.53. The average molecular weight is 324 g/mol. The number of amides is 2. The highest BCUT2D eigenvalue weighted by atomic mass is 16.2. The molecule has 2 amide bonds. The van der Waals surface area contributed by atoms with Crippen molar-refractivity contribution in [2.45, 2.75) is 39.2 Å². The van der Waals surface area contributed by atoms with E-state index in [-0.39, 0.29) is 11.4 Å². The Morgan fingerprint density at radius 3 is 2.38 bits per heavy atom. The summed E-state index contributed by atoms with van der Waals surface area (Å²) in [5.74, 6) is -0.501. The molecule has 0 aromatic heterocycles. The maximum atomic E-state index is 12.4. The molecule has 0 aliphatic carbocycles. The molecule has 0 spiro atoms. The van der Waals surface area contributed by atoms with E-state index in [0.717, 1.165) is 24.0 Å². The summed E-state index contributed by atoms with van der Waals surface area (Å²) >= 11 is 0. The molecule has 4 heteroatoms. The van der Waals surface area contributed by atoms with Crippen LogP contribution in [-0.4, -0.2) is 17.4 Å². The van der Waals surface area contributed by atoms with Crippen molar-refractivity contribution in [2.75, 3.05) is 0 Å². The van der Waals surface area contributed by atoms with E-state index in [1.165, 1.54) is 0 Å². The molecular formula is C20H24N2O2. The van der Waals surface area contributed by atoms with Crippen LogP contribution in [0.3, 0.4) is 0 Å². The molecule has 0 saturated heterocycles. The molecule has 2 aromatic carbocycles. The van der Waals surface area contributed by atoms with E-state index < -0.39 is 5.91 Å². The molecule has 0 fully saturated rings. The van der Waals surface area contributed by atoms with Gasteiger partial charge in [-0.25, -0.2) is 0 Å². The largest absolute Gasteiger partial charge is 0.366 e. The molecule has 126 valence electrons. The second-order valence-electron chi connectivity index (χ2n) is 6.77. The van der Waals surface area contributed by atoms with E-state index in [9.17, 15) is 9.59 Å². The molecule has 0 heterocycles. The smallest absolute Gasteiger partial charge is 0.251 e. The summed E-state index contributed by atoms with van der Waals surface area (Å²) in [4.78, 5) is 23.6. The monoisotopic (exact) mass is 324 g/mol. The molecule has 0 aliphatic heterocycles. The Balaban J connectivity index is 1.99. The van der Waals surface area contributed by atoms with Crippen LogP contribution >= 0.6 is 0 Å². The van der Waals surface area contributed by atoms with Crippen LogP contribution in [0.5, 0.6) is 0 Å². The SMILES string of the molecule is Cc1cccc(C(=O)NC(C)(C)CCc2cccc(C(N)=O)c2)c1. The number of aryl methyl sites for hydroxylation is 2. The summed E-state index contributed by atoms with van der Waals surface area (Å²) in [6.45, 7) is 5.96. The molecular weight excluding hydrogens is 300 g/mol. The van der Waals surface area contributed by atoms with Gasteiger partial charge in [0.2, 0.25) is 5.91 Å². The summed E-state index contributed by atoms with van der Waals surface area (Å²) in [7, 11) is 0. The maximum absolute atomic E-state index is 12.4. The van der Waals surface area contributed by atoms with Gasteiger partial charge in [-0.3, -0.25) is 9.59 Å². The number of rotatable bonds is 6. The fraction of sp³-hybridized carbons (Fsp3) is 0.300. The molecule has 4 nitrogen and oxygen atoms in total. The van der Waals surface area contributed by atoms with E-state index in [4.69, 9.17) is 5.73 Å². The molecule has 0 bridgehead atoms. The minimum Gasteiger partial charge on any atom is -0.366 e. The molecule has 0 unspecified atom stereocenters. The number of nitrogens with two attached hydrogens (primary N) is 1. The number of primary amides is 1. The molecule has 0 radical (unpaired) electrons. The first kappa shape index (κ1) is 17.7. The summed E-state index contributed by atoms with van der Waals surface area (Å²) in [6.07, 6.45) is 1.51. The van der Waals surface area contributed by atoms with Crippen LogP contribution in [0.1, 0.15) is 52.1 Å². The first-order valence-electron chi connectivity index (χ1n) is 8.05. The summed E-state index contributed by atoms with van der Waals surface area (Å²) in [6, 6.07) is 14.8. The van der Waals surface area contributed by atoms with Gasteiger partial charge in [0, 0.05) is 16.7 Å². The Labute approximate surface area is 143 Å². The molecule has 0 saturated carbocycles. The number of carbonyl (C=O) groups excluding carboxylic acids is 2. The highest BCUT2D eigenvalue weighted by Crippen LogP contribution is 2.16. The third-order valence-corrected chi connectivity index (χ3v) is 3.98. The number of carbonyl (C=O) groups is 2. The van der Waals surface area contributed by atoms with Crippen molar-refractivity contribution < 1.29 is 9.59 Å². The fourth-order valence-corrected chi connectivity index (χ4v) is 2.57. The Morgan fingerprint density at radius 2 is 1.71 bits per heavy atom. The van der Waals surface area contributed by atoms with E-state index in [1.54, 1.807) is 12.1 Å². The lowest BCUT2D eigenvalue weighted by atomic mass is 9.94. The summed E-state index contributed by atoms with van der Waals surface area (Å²) in [5.41, 5.74) is 8.22. The van der Waals surface area contributed by atoms with Crippen LogP contribution in [0.2, 0.25) is 0 Å². The van der Waals surface area contributed by atoms with Gasteiger partial charge in [-0.2, -0.15) is 0 Å². The van der Waals surface area contributed by atoms with Crippen LogP contribution in [-0.2, 0) is 6.42 Å². The van der Waals surface area contributed by atoms with Gasteiger partial charge in [0.05, 0.1) is 0 Å². The van der Waals surface area contributed by atoms with Gasteiger partial charge in [0.1, 0.15) is 0 Å². The van der Waals surface area contributed by atoms with Crippen molar-refractivity contribution in [1.82, 2.24) is 5.32 Å². The Kier molecular flexibility index (Phi) is 5.39. The van der Waals surface area contributed by atoms with E-state index in [1.807, 2.05) is 57.2 Å². The fourth-order valence-electron chi connectivity index (χ4n) is 2.57. The third kappa shape index (κ3) is 4.95. The number of benzene rings is 2. The van der Waals surface area contributed by atoms with Gasteiger partial charge in [-0.1, -0.05) is 29.8 Å². The van der Waals surface area contributed by atoms with E-state index >= 15 is 0 Å². The van der Waals surface area contributed by atoms with E-state index in [0.29, 0.717) is 11.1 Å². The Morgan fingerprint density at radius 1 is 1.04 bits per heavy atom. The Bertz CT molecular complexity index is 751. The number of hydrogen-bond acceptors (Lipinski definition) is 2. The van der Waals surface area contributed by atoms with Crippen LogP contribution in [0.4, 0.5) is 0 Å². The van der Waals surface area contributed by atoms with Crippen molar-refractivity contribution in [2.24, 2.45) is 5.73 Å². The number of hydrogen-bond donors (Lipinski definition) is 2. The predicted octanol–water partition coefficient (Wildman–Crippen LogP) is 3.24. The van der Waals surface area contributed by atoms with Crippen LogP contribution in [0.25, 0.3) is 0 Å². The topological polar surface area (TPSA) is 72.2 Å². The van der Waals surface area contributed by atoms with Gasteiger partial charge in [-0.05, 0) is 63.4 Å². The lowest BCUT2D eigenvalue weighted by Gasteiger charge is -2.26. The van der Waals surface area contributed by atoms with Crippen LogP contribution < -0.4 is 11.1 Å². The molecule has 3 N–H and O–H groups in total. The second kappa shape index (κ2) is 7.30. The van der Waals surface area contributed by atoms with Crippen molar-refractivity contribution >= 4 is 11.8 Å². The first-order chi connectivity index (χ1) is 11.3. The minimum atomic E-state index is -0.427. The van der Waals surface area contributed by atoms with Gasteiger partial charge < -0.3 is 11.1 Å². The normalized spacial score (nSPS) is 11.1. The summed E-state index contributed by atoms with van der Waals surface area (Å²) in [5, 5.41) is 3.08. The molecule has 0 aliphatic rings. The van der Waals surface area contributed by atoms with E-state index in [2.05, 4.69) is 5.32 Å². The minimum absolute atomic E-state index is 0.0745. The highest BCUT2D eigenvalue weighted by Gasteiger charge is 2.21. The molecule has 0 atom stereocenters. The highest BCUT2D eigenvalue weighted by molar-refractivity contribution is 5.94. The van der Waals surface area contributed by atoms with Gasteiger partial charge >= 0.3 is 0 Å². The molecule has 2 rings (SSSR count). The van der Waals surface area contributed by atoms with Crippen molar-refractivity contribution in [1.29, 1.82) is 0 Å². The quantitative estimate of drug-likeness (QED) is 0.856. The summed E-state index contributed by atoms with van der Waals surface area (Å²) < 4.78 is 0. The molecule has 24 heavy (non-hydrogen) atoms. The van der Waals surface area contributed by atoms with Crippen molar-refractivity contribution in [3.63, 3.8) is 0 Å². The van der Waals surface area contributed by atoms with Crippen molar-refractivity contribution in [3.05, 3.63) is 70.8 Å². The zero-order chi connectivity index (χ0) is 17.7. The third-order valence-electron chi connectivity index (χ3n) is 3.98. The molecule has 2 aromatic rings. The van der Waals surface area contributed by atoms with Gasteiger partial charge in [0.15, 0.2) is 0 Å². The maximum Gasteiger partial charge on any atom is 0.251 e. The van der Waals surface area contributed by atoms with Gasteiger partial charge in [-0.15, -0.1) is 0 Å². The number of nitrogens with one attached hydrogen (secondary N) is 1. The Hall–Kier alpha value is -2.62. The van der Waals surface area contributed by atoms with Crippen molar-refractivity contribution in [3.8, 4) is 0 Å². The lowest BCUT2D eigenvalue weighted by Crippen LogP contribution is -2.43.